The Morgan fingerprint density at radius 3 is 2.00 bits per heavy atom. The van der Waals surface area contributed by atoms with Gasteiger partial charge in [-0.15, -0.1) is 0 Å². The van der Waals surface area contributed by atoms with Crippen molar-refractivity contribution in [2.45, 2.75) is 39.2 Å². The van der Waals surface area contributed by atoms with Gasteiger partial charge in [-0.2, -0.15) is 0 Å². The van der Waals surface area contributed by atoms with Gasteiger partial charge in [-0.25, -0.2) is 0 Å². The molecule has 0 spiro atoms. The lowest BCUT2D eigenvalue weighted by Crippen LogP contribution is -2.47. The summed E-state index contributed by atoms with van der Waals surface area (Å²) in [5, 5.41) is 10.4. The first kappa shape index (κ1) is 16.5. The Morgan fingerprint density at radius 2 is 1.48 bits per heavy atom. The number of β-amino-alcohol motifs (C(OH)–C–C–N with tert-alkyl or cyclic N) is 1. The maximum Gasteiger partial charge on any atom is 0.0916 e. The molecule has 1 saturated heterocycles. The second-order valence-electron chi connectivity index (χ2n) is 6.48. The number of nitrogens with zero attached hydrogens (tertiary/aromatic N) is 2. The Morgan fingerprint density at radius 1 is 0.952 bits per heavy atom. The van der Waals surface area contributed by atoms with E-state index in [2.05, 4.69) is 54.8 Å². The molecule has 2 rings (SSSR count). The predicted octanol–water partition coefficient (Wildman–Crippen LogP) is 2.87. The predicted molar refractivity (Wildman–Crippen MR) is 88.7 cm³/mol. The summed E-state index contributed by atoms with van der Waals surface area (Å²) in [7, 11) is 0. The molecule has 0 saturated carbocycles. The molecule has 0 aliphatic carbocycles. The van der Waals surface area contributed by atoms with Crippen molar-refractivity contribution < 1.29 is 5.11 Å². The van der Waals surface area contributed by atoms with Crippen LogP contribution in [-0.2, 0) is 0 Å². The molecule has 0 bridgehead atoms. The zero-order chi connectivity index (χ0) is 15.2. The monoisotopic (exact) mass is 290 g/mol. The zero-order valence-electron chi connectivity index (χ0n) is 13.8. The van der Waals surface area contributed by atoms with Crippen molar-refractivity contribution in [3.8, 4) is 0 Å². The van der Waals surface area contributed by atoms with Gasteiger partial charge in [0, 0.05) is 32.7 Å². The van der Waals surface area contributed by atoms with Gasteiger partial charge in [0.25, 0.3) is 0 Å². The van der Waals surface area contributed by atoms with E-state index >= 15 is 0 Å². The van der Waals surface area contributed by atoms with E-state index in [0.29, 0.717) is 5.92 Å². The van der Waals surface area contributed by atoms with E-state index in [-0.39, 0.29) is 6.10 Å². The summed E-state index contributed by atoms with van der Waals surface area (Å²) in [5.41, 5.74) is 2.37. The summed E-state index contributed by atoms with van der Waals surface area (Å²) in [4.78, 5) is 4.90. The molecule has 3 heteroatoms. The minimum atomic E-state index is -0.371. The van der Waals surface area contributed by atoms with Crippen molar-refractivity contribution in [3.05, 3.63) is 35.4 Å². The molecule has 3 nitrogen and oxygen atoms in total. The second kappa shape index (κ2) is 7.92. The Balaban J connectivity index is 1.83. The highest BCUT2D eigenvalue weighted by molar-refractivity contribution is 5.26. The summed E-state index contributed by atoms with van der Waals surface area (Å²) in [6, 6.07) is 8.44. The van der Waals surface area contributed by atoms with E-state index in [9.17, 15) is 5.11 Å². The molecule has 0 radical (unpaired) electrons. The molecule has 1 aliphatic heterocycles. The van der Waals surface area contributed by atoms with E-state index < -0.39 is 0 Å². The van der Waals surface area contributed by atoms with Crippen LogP contribution in [0.25, 0.3) is 0 Å². The van der Waals surface area contributed by atoms with E-state index in [1.165, 1.54) is 18.5 Å². The van der Waals surface area contributed by atoms with Gasteiger partial charge >= 0.3 is 0 Å². The maximum absolute atomic E-state index is 10.4. The maximum atomic E-state index is 10.4. The second-order valence-corrected chi connectivity index (χ2v) is 6.48. The summed E-state index contributed by atoms with van der Waals surface area (Å²) in [5.74, 6) is 0.544. The number of benzene rings is 1. The van der Waals surface area contributed by atoms with Crippen LogP contribution in [-0.4, -0.2) is 54.2 Å². The van der Waals surface area contributed by atoms with Crippen LogP contribution in [0.2, 0.25) is 0 Å². The van der Waals surface area contributed by atoms with Gasteiger partial charge in [-0.3, -0.25) is 4.90 Å². The summed E-state index contributed by atoms with van der Waals surface area (Å²) in [6.07, 6.45) is 0.856. The Bertz CT molecular complexity index is 408. The molecule has 1 aromatic rings. The Labute approximate surface area is 129 Å². The molecule has 1 unspecified atom stereocenters. The third-order valence-electron chi connectivity index (χ3n) is 4.42. The topological polar surface area (TPSA) is 26.7 Å². The number of aliphatic hydroxyl groups is 1. The van der Waals surface area contributed by atoms with Crippen LogP contribution < -0.4 is 0 Å². The van der Waals surface area contributed by atoms with E-state index in [4.69, 9.17) is 0 Å². The van der Waals surface area contributed by atoms with E-state index in [0.717, 1.165) is 38.3 Å². The first-order chi connectivity index (χ1) is 10.1. The molecule has 1 atom stereocenters. The molecule has 21 heavy (non-hydrogen) atoms. The van der Waals surface area contributed by atoms with Crippen LogP contribution in [0.15, 0.2) is 24.3 Å². The lowest BCUT2D eigenvalue weighted by atomic mass is 10.00. The molecular formula is C18H30N2O. The molecule has 0 aromatic heterocycles. The lowest BCUT2D eigenvalue weighted by molar-refractivity contribution is 0.0726. The van der Waals surface area contributed by atoms with Crippen molar-refractivity contribution in [2.75, 3.05) is 39.3 Å². The van der Waals surface area contributed by atoms with Crippen LogP contribution in [0, 0.1) is 0 Å². The molecule has 1 N–H and O–H groups in total. The molecule has 1 heterocycles. The van der Waals surface area contributed by atoms with Gasteiger partial charge in [-0.1, -0.05) is 45.0 Å². The fourth-order valence-corrected chi connectivity index (χ4v) is 2.96. The van der Waals surface area contributed by atoms with E-state index in [1.54, 1.807) is 0 Å². The number of rotatable bonds is 6. The van der Waals surface area contributed by atoms with Crippen LogP contribution in [0.4, 0.5) is 0 Å². The van der Waals surface area contributed by atoms with Crippen LogP contribution in [0.1, 0.15) is 50.3 Å². The van der Waals surface area contributed by atoms with Crippen LogP contribution >= 0.6 is 0 Å². The van der Waals surface area contributed by atoms with Crippen molar-refractivity contribution in [1.82, 2.24) is 9.80 Å². The van der Waals surface area contributed by atoms with Gasteiger partial charge in [0.15, 0.2) is 0 Å². The molecule has 1 aliphatic rings. The first-order valence-electron chi connectivity index (χ1n) is 8.32. The van der Waals surface area contributed by atoms with Gasteiger partial charge in [0.1, 0.15) is 0 Å². The highest BCUT2D eigenvalue weighted by Gasteiger charge is 2.19. The highest BCUT2D eigenvalue weighted by atomic mass is 16.3. The number of piperazine rings is 1. The van der Waals surface area contributed by atoms with Gasteiger partial charge in [0.2, 0.25) is 0 Å². The summed E-state index contributed by atoms with van der Waals surface area (Å²) < 4.78 is 0. The normalized spacial score (nSPS) is 19.1. The van der Waals surface area contributed by atoms with Gasteiger partial charge in [0.05, 0.1) is 6.10 Å². The largest absolute Gasteiger partial charge is 0.387 e. The number of hydrogen-bond donors (Lipinski definition) is 1. The number of aliphatic hydroxyl groups excluding tert-OH is 1. The van der Waals surface area contributed by atoms with Crippen molar-refractivity contribution >= 4 is 0 Å². The van der Waals surface area contributed by atoms with E-state index in [1.807, 2.05) is 0 Å². The minimum Gasteiger partial charge on any atom is -0.387 e. The fraction of sp³-hybridized carbons (Fsp3) is 0.667. The lowest BCUT2D eigenvalue weighted by Gasteiger charge is -2.35. The third-order valence-corrected chi connectivity index (χ3v) is 4.42. The standard InChI is InChI=1S/C18H30N2O/c1-4-9-19-10-12-20(13-11-19)14-18(21)17-7-5-16(6-8-17)15(2)3/h5-8,15,18,21H,4,9-14H2,1-3H3. The zero-order valence-corrected chi connectivity index (χ0v) is 13.8. The highest BCUT2D eigenvalue weighted by Crippen LogP contribution is 2.20. The average molecular weight is 290 g/mol. The Hall–Kier alpha value is -0.900. The molecule has 118 valence electrons. The van der Waals surface area contributed by atoms with Gasteiger partial charge in [-0.05, 0) is 30.0 Å². The molecular weight excluding hydrogens is 260 g/mol. The third kappa shape index (κ3) is 4.80. The smallest absolute Gasteiger partial charge is 0.0916 e. The molecule has 0 amide bonds. The quantitative estimate of drug-likeness (QED) is 0.873. The van der Waals surface area contributed by atoms with Crippen LogP contribution in [0.3, 0.4) is 0 Å². The van der Waals surface area contributed by atoms with Gasteiger partial charge < -0.3 is 10.0 Å². The number of hydrogen-bond acceptors (Lipinski definition) is 3. The SMILES string of the molecule is CCCN1CCN(CC(O)c2ccc(C(C)C)cc2)CC1. The summed E-state index contributed by atoms with van der Waals surface area (Å²) in [6.45, 7) is 13.0. The minimum absolute atomic E-state index is 0.371. The van der Waals surface area contributed by atoms with Crippen LogP contribution in [0.5, 0.6) is 0 Å². The molecule has 1 fully saturated rings. The summed E-state index contributed by atoms with van der Waals surface area (Å²) >= 11 is 0. The van der Waals surface area contributed by atoms with Crippen molar-refractivity contribution in [2.24, 2.45) is 0 Å². The average Bonchev–Trinajstić information content (AvgIpc) is 2.49. The Kier molecular flexibility index (Phi) is 6.22. The van der Waals surface area contributed by atoms with Crippen molar-refractivity contribution in [3.63, 3.8) is 0 Å². The molecule has 1 aromatic carbocycles. The van der Waals surface area contributed by atoms with Crippen molar-refractivity contribution in [1.29, 1.82) is 0 Å². The fourth-order valence-electron chi connectivity index (χ4n) is 2.96. The first-order valence-corrected chi connectivity index (χ1v) is 8.32.